The average molecular weight is 189 g/mol. The summed E-state index contributed by atoms with van der Waals surface area (Å²) in [5.74, 6) is 0.374. The molecule has 1 fully saturated rings. The quantitative estimate of drug-likeness (QED) is 0.660. The minimum Gasteiger partial charge on any atom is -0.302 e. The van der Waals surface area contributed by atoms with Crippen LogP contribution < -0.4 is 0 Å². The molecule has 1 aliphatic rings. The van der Waals surface area contributed by atoms with Gasteiger partial charge in [-0.2, -0.15) is 0 Å². The summed E-state index contributed by atoms with van der Waals surface area (Å²) < 4.78 is 0. The van der Waals surface area contributed by atoms with Crippen LogP contribution >= 0.6 is 0 Å². The highest BCUT2D eigenvalue weighted by Gasteiger charge is 2.43. The summed E-state index contributed by atoms with van der Waals surface area (Å²) in [6, 6.07) is 10.8. The fourth-order valence-electron chi connectivity index (χ4n) is 2.29. The number of benzene rings is 1. The lowest BCUT2D eigenvalue weighted by molar-refractivity contribution is -0.119. The highest BCUT2D eigenvalue weighted by molar-refractivity contribution is 5.63. The zero-order valence-electron chi connectivity index (χ0n) is 8.55. The molecule has 1 saturated heterocycles. The Hall–Kier alpha value is -1.15. The minimum atomic E-state index is 0.0624. The van der Waals surface area contributed by atoms with E-state index in [4.69, 9.17) is 0 Å². The second kappa shape index (κ2) is 3.54. The number of hydrogen-bond acceptors (Lipinski definition) is 2. The maximum Gasteiger partial charge on any atom is 0.137 e. The van der Waals surface area contributed by atoms with E-state index in [0.717, 1.165) is 6.29 Å². The lowest BCUT2D eigenvalue weighted by Gasteiger charge is -2.49. The topological polar surface area (TPSA) is 20.3 Å². The lowest BCUT2D eigenvalue weighted by atomic mass is 9.77. The van der Waals surface area contributed by atoms with Gasteiger partial charge in [0.2, 0.25) is 0 Å². The van der Waals surface area contributed by atoms with Crippen LogP contribution in [0.25, 0.3) is 0 Å². The minimum absolute atomic E-state index is 0.0624. The second-order valence-electron chi connectivity index (χ2n) is 3.97. The van der Waals surface area contributed by atoms with Crippen LogP contribution in [0.3, 0.4) is 0 Å². The first-order chi connectivity index (χ1) is 6.75. The molecule has 0 spiro atoms. The van der Waals surface area contributed by atoms with Crippen molar-refractivity contribution in [3.05, 3.63) is 35.9 Å². The number of carbonyl (C=O) groups is 1. The summed E-state index contributed by atoms with van der Waals surface area (Å²) in [6.07, 6.45) is 1.05. The van der Waals surface area contributed by atoms with Gasteiger partial charge in [-0.1, -0.05) is 30.3 Å². The fourth-order valence-corrected chi connectivity index (χ4v) is 2.29. The number of carbonyl (C=O) groups excluding carboxylic acids is 1. The van der Waals surface area contributed by atoms with Crippen LogP contribution in [0.5, 0.6) is 0 Å². The summed E-state index contributed by atoms with van der Waals surface area (Å²) in [7, 11) is 2.00. The normalized spacial score (nSPS) is 32.3. The molecule has 0 saturated carbocycles. The molecule has 0 amide bonds. The van der Waals surface area contributed by atoms with Crippen LogP contribution in [0.15, 0.2) is 30.3 Å². The molecule has 74 valence electrons. The smallest absolute Gasteiger partial charge is 0.137 e. The predicted molar refractivity (Wildman–Crippen MR) is 56.3 cm³/mol. The van der Waals surface area contributed by atoms with Crippen molar-refractivity contribution in [2.24, 2.45) is 0 Å². The fraction of sp³-hybridized carbons (Fsp3) is 0.417. The molecule has 0 aromatic heterocycles. The standard InChI is InChI=1S/C12H15NO/c1-9-12(11(8-14)13(9)2)10-6-4-3-5-7-10/h3-9,11-12H,1-2H3/t9-,11+,12+/m0/s1. The monoisotopic (exact) mass is 189 g/mol. The van der Waals surface area contributed by atoms with Crippen LogP contribution in [-0.4, -0.2) is 30.3 Å². The Morgan fingerprint density at radius 1 is 1.29 bits per heavy atom. The molecule has 0 aliphatic carbocycles. The number of likely N-dealkylation sites (tertiary alicyclic amines) is 1. The van der Waals surface area contributed by atoms with Gasteiger partial charge >= 0.3 is 0 Å². The Balaban J connectivity index is 2.23. The molecule has 3 atom stereocenters. The van der Waals surface area contributed by atoms with Gasteiger partial charge in [-0.3, -0.25) is 4.90 Å². The van der Waals surface area contributed by atoms with E-state index in [2.05, 4.69) is 24.0 Å². The molecule has 0 unspecified atom stereocenters. The van der Waals surface area contributed by atoms with Gasteiger partial charge < -0.3 is 4.79 Å². The van der Waals surface area contributed by atoms with Gasteiger partial charge in [0.25, 0.3) is 0 Å². The zero-order valence-corrected chi connectivity index (χ0v) is 8.55. The molecule has 1 aromatic carbocycles. The molecule has 1 aromatic rings. The molecule has 0 radical (unpaired) electrons. The molecule has 2 rings (SSSR count). The Kier molecular flexibility index (Phi) is 2.38. The number of nitrogens with zero attached hydrogens (tertiary/aromatic N) is 1. The first-order valence-electron chi connectivity index (χ1n) is 4.98. The Morgan fingerprint density at radius 3 is 2.50 bits per heavy atom. The summed E-state index contributed by atoms with van der Waals surface area (Å²) in [5, 5.41) is 0. The van der Waals surface area contributed by atoms with Gasteiger partial charge in [-0.15, -0.1) is 0 Å². The van der Waals surface area contributed by atoms with E-state index in [1.54, 1.807) is 0 Å². The van der Waals surface area contributed by atoms with Gasteiger partial charge in [0.1, 0.15) is 6.29 Å². The van der Waals surface area contributed by atoms with E-state index < -0.39 is 0 Å². The van der Waals surface area contributed by atoms with Crippen LogP contribution in [-0.2, 0) is 4.79 Å². The maximum atomic E-state index is 10.9. The lowest BCUT2D eigenvalue weighted by Crippen LogP contribution is -2.59. The molecular formula is C12H15NO. The van der Waals surface area contributed by atoms with Crippen molar-refractivity contribution in [1.82, 2.24) is 4.90 Å². The molecule has 2 nitrogen and oxygen atoms in total. The molecule has 2 heteroatoms. The molecular weight excluding hydrogens is 174 g/mol. The van der Waals surface area contributed by atoms with Crippen LogP contribution in [0.1, 0.15) is 18.4 Å². The highest BCUT2D eigenvalue weighted by Crippen LogP contribution is 2.37. The van der Waals surface area contributed by atoms with Gasteiger partial charge in [0.05, 0.1) is 6.04 Å². The third-order valence-corrected chi connectivity index (χ3v) is 3.32. The van der Waals surface area contributed by atoms with E-state index in [-0.39, 0.29) is 6.04 Å². The third kappa shape index (κ3) is 1.26. The molecule has 0 bridgehead atoms. The number of aldehydes is 1. The van der Waals surface area contributed by atoms with Gasteiger partial charge in [0, 0.05) is 12.0 Å². The van der Waals surface area contributed by atoms with Gasteiger partial charge in [-0.05, 0) is 19.5 Å². The van der Waals surface area contributed by atoms with E-state index in [1.807, 2.05) is 25.2 Å². The Bertz CT molecular complexity index is 322. The van der Waals surface area contributed by atoms with Crippen molar-refractivity contribution >= 4 is 6.29 Å². The first kappa shape index (κ1) is 9.41. The first-order valence-corrected chi connectivity index (χ1v) is 4.98. The molecule has 1 heterocycles. The summed E-state index contributed by atoms with van der Waals surface area (Å²) in [5.41, 5.74) is 1.27. The van der Waals surface area contributed by atoms with Crippen LogP contribution in [0.2, 0.25) is 0 Å². The number of rotatable bonds is 2. The third-order valence-electron chi connectivity index (χ3n) is 3.32. The Labute approximate surface area is 84.5 Å². The molecule has 1 aliphatic heterocycles. The number of likely N-dealkylation sites (N-methyl/N-ethyl adjacent to an activating group) is 1. The second-order valence-corrected chi connectivity index (χ2v) is 3.97. The van der Waals surface area contributed by atoms with Crippen molar-refractivity contribution in [2.45, 2.75) is 24.9 Å². The summed E-state index contributed by atoms with van der Waals surface area (Å²) in [4.78, 5) is 13.0. The largest absolute Gasteiger partial charge is 0.302 e. The van der Waals surface area contributed by atoms with Gasteiger partial charge in [0.15, 0.2) is 0 Å². The van der Waals surface area contributed by atoms with E-state index >= 15 is 0 Å². The van der Waals surface area contributed by atoms with E-state index in [0.29, 0.717) is 12.0 Å². The molecule has 0 N–H and O–H groups in total. The number of hydrogen-bond donors (Lipinski definition) is 0. The zero-order chi connectivity index (χ0) is 10.1. The highest BCUT2D eigenvalue weighted by atomic mass is 16.1. The summed E-state index contributed by atoms with van der Waals surface area (Å²) in [6.45, 7) is 2.16. The van der Waals surface area contributed by atoms with Crippen molar-refractivity contribution in [3.63, 3.8) is 0 Å². The van der Waals surface area contributed by atoms with Crippen LogP contribution in [0.4, 0.5) is 0 Å². The maximum absolute atomic E-state index is 10.9. The van der Waals surface area contributed by atoms with Crippen molar-refractivity contribution in [2.75, 3.05) is 7.05 Å². The SMILES string of the molecule is C[C@H]1[C@H](c2ccccc2)[C@@H](C=O)N1C. The predicted octanol–water partition coefficient (Wildman–Crippen LogP) is 1.67. The van der Waals surface area contributed by atoms with Crippen molar-refractivity contribution in [1.29, 1.82) is 0 Å². The molecule has 14 heavy (non-hydrogen) atoms. The average Bonchev–Trinajstić information content (AvgIpc) is 2.25. The van der Waals surface area contributed by atoms with Crippen molar-refractivity contribution < 1.29 is 4.79 Å². The van der Waals surface area contributed by atoms with Crippen molar-refractivity contribution in [3.8, 4) is 0 Å². The van der Waals surface area contributed by atoms with Gasteiger partial charge in [-0.25, -0.2) is 0 Å². The van der Waals surface area contributed by atoms with Crippen LogP contribution in [0, 0.1) is 0 Å². The summed E-state index contributed by atoms with van der Waals surface area (Å²) >= 11 is 0. The Morgan fingerprint density at radius 2 is 1.93 bits per heavy atom. The van der Waals surface area contributed by atoms with E-state index in [1.165, 1.54) is 5.56 Å². The van der Waals surface area contributed by atoms with E-state index in [9.17, 15) is 4.79 Å².